The monoisotopic (exact) mass is 288 g/mol. The van der Waals surface area contributed by atoms with Gasteiger partial charge in [0.2, 0.25) is 5.91 Å². The Morgan fingerprint density at radius 3 is 2.95 bits per heavy atom. The zero-order valence-electron chi connectivity index (χ0n) is 13.1. The number of carbonyl (C=O) groups excluding carboxylic acids is 1. The number of para-hydroxylation sites is 1. The van der Waals surface area contributed by atoms with Crippen LogP contribution in [0.3, 0.4) is 0 Å². The molecule has 0 aromatic heterocycles. The molecule has 0 spiro atoms. The highest BCUT2D eigenvalue weighted by atomic mass is 16.5. The van der Waals surface area contributed by atoms with Crippen LogP contribution in [0.5, 0.6) is 0 Å². The summed E-state index contributed by atoms with van der Waals surface area (Å²) in [6.07, 6.45) is 0.680. The van der Waals surface area contributed by atoms with Crippen molar-refractivity contribution in [2.45, 2.75) is 44.8 Å². The first-order valence-corrected chi connectivity index (χ1v) is 7.73. The number of morpholine rings is 1. The largest absolute Gasteiger partial charge is 0.384 e. The second kappa shape index (κ2) is 5.34. The quantitative estimate of drug-likeness (QED) is 0.909. The van der Waals surface area contributed by atoms with Crippen LogP contribution < -0.4 is 5.32 Å². The van der Waals surface area contributed by atoms with Crippen molar-refractivity contribution in [3.05, 3.63) is 29.8 Å². The van der Waals surface area contributed by atoms with Crippen LogP contribution in [0.15, 0.2) is 24.3 Å². The highest BCUT2D eigenvalue weighted by Crippen LogP contribution is 2.34. The molecular weight excluding hydrogens is 264 g/mol. The van der Waals surface area contributed by atoms with Crippen molar-refractivity contribution in [3.8, 4) is 0 Å². The van der Waals surface area contributed by atoms with Gasteiger partial charge in [0.15, 0.2) is 0 Å². The van der Waals surface area contributed by atoms with Gasteiger partial charge < -0.3 is 15.0 Å². The molecule has 0 saturated carbocycles. The third-order valence-corrected chi connectivity index (χ3v) is 4.28. The Hall–Kier alpha value is -1.55. The minimum absolute atomic E-state index is 0.103. The molecule has 1 aromatic rings. The van der Waals surface area contributed by atoms with Crippen molar-refractivity contribution < 1.29 is 9.53 Å². The first-order valence-electron chi connectivity index (χ1n) is 7.73. The van der Waals surface area contributed by atoms with Crippen LogP contribution >= 0.6 is 0 Å². The van der Waals surface area contributed by atoms with E-state index in [0.717, 1.165) is 6.54 Å². The number of carbonyl (C=O) groups is 1. The maximum atomic E-state index is 12.6. The summed E-state index contributed by atoms with van der Waals surface area (Å²) in [5.41, 5.74) is 2.19. The van der Waals surface area contributed by atoms with Gasteiger partial charge in [-0.3, -0.25) is 4.79 Å². The van der Waals surface area contributed by atoms with Crippen LogP contribution in [-0.4, -0.2) is 42.1 Å². The van der Waals surface area contributed by atoms with E-state index in [0.29, 0.717) is 19.5 Å². The topological polar surface area (TPSA) is 41.6 Å². The maximum Gasteiger partial charge on any atom is 0.223 e. The van der Waals surface area contributed by atoms with Crippen molar-refractivity contribution in [2.24, 2.45) is 0 Å². The van der Waals surface area contributed by atoms with Crippen molar-refractivity contribution >= 4 is 11.6 Å². The van der Waals surface area contributed by atoms with Gasteiger partial charge in [-0.2, -0.15) is 0 Å². The molecule has 0 aliphatic carbocycles. The lowest BCUT2D eigenvalue weighted by atomic mass is 9.96. The number of hydrogen-bond acceptors (Lipinski definition) is 3. The van der Waals surface area contributed by atoms with Crippen molar-refractivity contribution in [1.82, 2.24) is 4.90 Å². The predicted octanol–water partition coefficient (Wildman–Crippen LogP) is 2.61. The van der Waals surface area contributed by atoms with E-state index in [1.807, 2.05) is 24.0 Å². The molecule has 1 N–H and O–H groups in total. The molecule has 0 bridgehead atoms. The van der Waals surface area contributed by atoms with Crippen LogP contribution in [0.1, 0.15) is 38.7 Å². The zero-order valence-corrected chi connectivity index (χ0v) is 13.1. The molecule has 3 rings (SSSR count). The standard InChI is InChI=1S/C17H24N2O2/c1-12-10-19(11-17(2,3)21-12)16(20)8-13-9-18-15-7-5-4-6-14(13)15/h4-7,12-13,18H,8-11H2,1-3H3. The molecule has 21 heavy (non-hydrogen) atoms. The van der Waals surface area contributed by atoms with Crippen molar-refractivity contribution in [2.75, 3.05) is 25.0 Å². The number of ether oxygens (including phenoxy) is 1. The van der Waals surface area contributed by atoms with Gasteiger partial charge in [0.25, 0.3) is 0 Å². The average Bonchev–Trinajstić information content (AvgIpc) is 2.80. The molecule has 2 atom stereocenters. The number of anilines is 1. The molecule has 1 fully saturated rings. The number of nitrogens with zero attached hydrogens (tertiary/aromatic N) is 1. The number of fused-ring (bicyclic) bond motifs is 1. The molecule has 2 aliphatic heterocycles. The van der Waals surface area contributed by atoms with E-state index < -0.39 is 0 Å². The minimum atomic E-state index is -0.251. The fraction of sp³-hybridized carbons (Fsp3) is 0.588. The van der Waals surface area contributed by atoms with Crippen LogP contribution in [0, 0.1) is 0 Å². The smallest absolute Gasteiger partial charge is 0.223 e. The Morgan fingerprint density at radius 2 is 2.19 bits per heavy atom. The second-order valence-electron chi connectivity index (χ2n) is 6.83. The molecule has 2 heterocycles. The predicted molar refractivity (Wildman–Crippen MR) is 83.5 cm³/mol. The van der Waals surface area contributed by atoms with Gasteiger partial charge in [-0.1, -0.05) is 18.2 Å². The van der Waals surface area contributed by atoms with Gasteiger partial charge in [0, 0.05) is 37.7 Å². The first-order chi connectivity index (χ1) is 9.94. The number of benzene rings is 1. The van der Waals surface area contributed by atoms with Gasteiger partial charge in [-0.05, 0) is 32.4 Å². The second-order valence-corrected chi connectivity index (χ2v) is 6.83. The SMILES string of the molecule is CC1CN(C(=O)CC2CNc3ccccc32)CC(C)(C)O1. The lowest BCUT2D eigenvalue weighted by Gasteiger charge is -2.42. The van der Waals surface area contributed by atoms with Crippen LogP contribution in [0.25, 0.3) is 0 Å². The lowest BCUT2D eigenvalue weighted by Crippen LogP contribution is -2.54. The van der Waals surface area contributed by atoms with Gasteiger partial charge in [-0.25, -0.2) is 0 Å². The molecule has 4 nitrogen and oxygen atoms in total. The van der Waals surface area contributed by atoms with Gasteiger partial charge in [0.1, 0.15) is 0 Å². The molecule has 1 saturated heterocycles. The molecule has 0 radical (unpaired) electrons. The van der Waals surface area contributed by atoms with E-state index in [9.17, 15) is 4.79 Å². The summed E-state index contributed by atoms with van der Waals surface area (Å²) in [4.78, 5) is 14.6. The zero-order chi connectivity index (χ0) is 15.0. The number of rotatable bonds is 2. The lowest BCUT2D eigenvalue weighted by molar-refractivity contribution is -0.158. The van der Waals surface area contributed by atoms with Crippen LogP contribution in [-0.2, 0) is 9.53 Å². The summed E-state index contributed by atoms with van der Waals surface area (Å²) >= 11 is 0. The van der Waals surface area contributed by atoms with E-state index >= 15 is 0 Å². The fourth-order valence-electron chi connectivity index (χ4n) is 3.52. The molecule has 2 unspecified atom stereocenters. The minimum Gasteiger partial charge on any atom is -0.384 e. The van der Waals surface area contributed by atoms with Crippen LogP contribution in [0.4, 0.5) is 5.69 Å². The number of hydrogen-bond donors (Lipinski definition) is 1. The van der Waals surface area contributed by atoms with E-state index in [2.05, 4.69) is 31.3 Å². The maximum absolute atomic E-state index is 12.6. The molecule has 2 aliphatic rings. The Kier molecular flexibility index (Phi) is 3.66. The molecule has 4 heteroatoms. The molecule has 1 amide bonds. The molecule has 114 valence electrons. The average molecular weight is 288 g/mol. The molecule has 1 aromatic carbocycles. The van der Waals surface area contributed by atoms with Gasteiger partial charge in [-0.15, -0.1) is 0 Å². The summed E-state index contributed by atoms with van der Waals surface area (Å²) in [6, 6.07) is 8.28. The third kappa shape index (κ3) is 3.05. The van der Waals surface area contributed by atoms with Crippen LogP contribution in [0.2, 0.25) is 0 Å². The van der Waals surface area contributed by atoms with E-state index in [-0.39, 0.29) is 23.5 Å². The van der Waals surface area contributed by atoms with Crippen molar-refractivity contribution in [1.29, 1.82) is 0 Å². The molecular formula is C17H24N2O2. The summed E-state index contributed by atoms with van der Waals surface area (Å²) in [5, 5.41) is 3.39. The fourth-order valence-corrected chi connectivity index (χ4v) is 3.52. The Bertz CT molecular complexity index is 541. The first kappa shape index (κ1) is 14.4. The highest BCUT2D eigenvalue weighted by Gasteiger charge is 2.35. The third-order valence-electron chi connectivity index (χ3n) is 4.28. The van der Waals surface area contributed by atoms with E-state index in [1.165, 1.54) is 11.3 Å². The summed E-state index contributed by atoms with van der Waals surface area (Å²) in [7, 11) is 0. The highest BCUT2D eigenvalue weighted by molar-refractivity contribution is 5.78. The normalized spacial score (nSPS) is 27.1. The Morgan fingerprint density at radius 1 is 1.43 bits per heavy atom. The van der Waals surface area contributed by atoms with Crippen molar-refractivity contribution in [3.63, 3.8) is 0 Å². The summed E-state index contributed by atoms with van der Waals surface area (Å²) < 4.78 is 5.87. The van der Waals surface area contributed by atoms with Gasteiger partial charge in [0.05, 0.1) is 11.7 Å². The van der Waals surface area contributed by atoms with Gasteiger partial charge >= 0.3 is 0 Å². The summed E-state index contributed by atoms with van der Waals surface area (Å²) in [5.74, 6) is 0.525. The Balaban J connectivity index is 1.67. The Labute approximate surface area is 126 Å². The number of amides is 1. The van der Waals surface area contributed by atoms with E-state index in [4.69, 9.17) is 4.74 Å². The summed E-state index contributed by atoms with van der Waals surface area (Å²) in [6.45, 7) is 8.37. The van der Waals surface area contributed by atoms with E-state index in [1.54, 1.807) is 0 Å². The number of nitrogens with one attached hydrogen (secondary N) is 1.